The van der Waals surface area contributed by atoms with E-state index in [1.54, 1.807) is 0 Å². The first-order valence-electron chi connectivity index (χ1n) is 11.2. The van der Waals surface area contributed by atoms with Crippen LogP contribution in [0.1, 0.15) is 36.8 Å². The Balaban J connectivity index is 1.40. The van der Waals surface area contributed by atoms with Gasteiger partial charge < -0.3 is 24.8 Å². The zero-order valence-electron chi connectivity index (χ0n) is 18.5. The number of hydrogen-bond acceptors (Lipinski definition) is 5. The third kappa shape index (κ3) is 4.85. The van der Waals surface area contributed by atoms with Gasteiger partial charge in [-0.05, 0) is 28.7 Å². The first kappa shape index (κ1) is 22.8. The predicted molar refractivity (Wildman–Crippen MR) is 121 cm³/mol. The van der Waals surface area contributed by atoms with Crippen LogP contribution in [0.5, 0.6) is 0 Å². The fraction of sp³-hybridized carbons (Fsp3) is 0.400. The van der Waals surface area contributed by atoms with Crippen LogP contribution in [0.4, 0.5) is 4.79 Å². The van der Waals surface area contributed by atoms with Crippen LogP contribution in [-0.2, 0) is 19.1 Å². The molecule has 0 radical (unpaired) electrons. The van der Waals surface area contributed by atoms with E-state index in [0.29, 0.717) is 12.8 Å². The second-order valence-electron chi connectivity index (χ2n) is 8.29. The van der Waals surface area contributed by atoms with Crippen molar-refractivity contribution in [2.75, 3.05) is 26.3 Å². The molecule has 2 atom stereocenters. The second kappa shape index (κ2) is 10.0. The van der Waals surface area contributed by atoms with Gasteiger partial charge in [0.25, 0.3) is 0 Å². The summed E-state index contributed by atoms with van der Waals surface area (Å²) >= 11 is 0. The Morgan fingerprint density at radius 2 is 1.76 bits per heavy atom. The molecule has 2 amide bonds. The maximum atomic E-state index is 13.0. The Bertz CT molecular complexity index is 994. The van der Waals surface area contributed by atoms with Crippen molar-refractivity contribution < 1.29 is 29.0 Å². The molecule has 8 nitrogen and oxygen atoms in total. The van der Waals surface area contributed by atoms with E-state index in [4.69, 9.17) is 9.47 Å². The molecule has 1 fully saturated rings. The molecule has 2 aromatic rings. The normalized spacial score (nSPS) is 18.2. The summed E-state index contributed by atoms with van der Waals surface area (Å²) < 4.78 is 10.8. The number of carboxylic acids is 1. The number of ether oxygens (including phenoxy) is 2. The van der Waals surface area contributed by atoms with Crippen LogP contribution in [0.3, 0.4) is 0 Å². The lowest BCUT2D eigenvalue weighted by Crippen LogP contribution is -2.55. The first-order valence-corrected chi connectivity index (χ1v) is 11.2. The average molecular weight is 453 g/mol. The highest BCUT2D eigenvalue weighted by Gasteiger charge is 2.34. The number of amides is 2. The van der Waals surface area contributed by atoms with E-state index in [0.717, 1.165) is 22.3 Å². The minimum Gasteiger partial charge on any atom is -0.479 e. The zero-order valence-corrected chi connectivity index (χ0v) is 18.5. The van der Waals surface area contributed by atoms with Crippen LogP contribution in [0.25, 0.3) is 11.1 Å². The molecule has 1 aliphatic heterocycles. The minimum absolute atomic E-state index is 0.0409. The van der Waals surface area contributed by atoms with Gasteiger partial charge in [-0.25, -0.2) is 9.59 Å². The number of hydrogen-bond donors (Lipinski definition) is 2. The van der Waals surface area contributed by atoms with Gasteiger partial charge in [0.1, 0.15) is 12.6 Å². The van der Waals surface area contributed by atoms with Crippen LogP contribution in [0, 0.1) is 0 Å². The van der Waals surface area contributed by atoms with E-state index >= 15 is 0 Å². The van der Waals surface area contributed by atoms with E-state index in [-0.39, 0.29) is 38.1 Å². The number of benzene rings is 2. The quantitative estimate of drug-likeness (QED) is 0.669. The molecule has 2 unspecified atom stereocenters. The number of nitrogens with one attached hydrogen (secondary N) is 1. The molecule has 0 aromatic heterocycles. The van der Waals surface area contributed by atoms with Gasteiger partial charge in [0.2, 0.25) is 5.91 Å². The number of carboxylic acid groups (broad SMARTS) is 1. The third-order valence-electron chi connectivity index (χ3n) is 6.16. The number of fused-ring (bicyclic) bond motifs is 3. The number of morpholine rings is 1. The van der Waals surface area contributed by atoms with Gasteiger partial charge in [-0.3, -0.25) is 4.79 Å². The fourth-order valence-corrected chi connectivity index (χ4v) is 4.55. The highest BCUT2D eigenvalue weighted by Crippen LogP contribution is 2.44. The minimum atomic E-state index is -1.11. The Kier molecular flexibility index (Phi) is 6.93. The number of rotatable bonds is 7. The second-order valence-corrected chi connectivity index (χ2v) is 8.29. The molecule has 1 aliphatic carbocycles. The molecule has 2 N–H and O–H groups in total. The molecule has 1 saturated heterocycles. The van der Waals surface area contributed by atoms with E-state index < -0.39 is 24.2 Å². The summed E-state index contributed by atoms with van der Waals surface area (Å²) in [6, 6.07) is 15.4. The summed E-state index contributed by atoms with van der Waals surface area (Å²) in [5, 5.41) is 11.9. The van der Waals surface area contributed by atoms with Gasteiger partial charge in [0.15, 0.2) is 6.10 Å². The highest BCUT2D eigenvalue weighted by atomic mass is 16.5. The van der Waals surface area contributed by atoms with Gasteiger partial charge in [-0.15, -0.1) is 0 Å². The molecule has 1 heterocycles. The van der Waals surface area contributed by atoms with Crippen molar-refractivity contribution in [3.8, 4) is 11.1 Å². The average Bonchev–Trinajstić information content (AvgIpc) is 3.16. The molecule has 33 heavy (non-hydrogen) atoms. The predicted octanol–water partition coefficient (Wildman–Crippen LogP) is 3.01. The van der Waals surface area contributed by atoms with Crippen molar-refractivity contribution in [2.45, 2.75) is 37.8 Å². The fourth-order valence-electron chi connectivity index (χ4n) is 4.55. The lowest BCUT2D eigenvalue weighted by atomic mass is 9.98. The van der Waals surface area contributed by atoms with Gasteiger partial charge in [0, 0.05) is 12.5 Å². The number of carbonyl (C=O) groups excluding carboxylic acids is 2. The van der Waals surface area contributed by atoms with Gasteiger partial charge in [0.05, 0.1) is 13.2 Å². The van der Waals surface area contributed by atoms with Crippen molar-refractivity contribution in [3.63, 3.8) is 0 Å². The van der Waals surface area contributed by atoms with Crippen molar-refractivity contribution in [1.29, 1.82) is 0 Å². The molecular weight excluding hydrogens is 424 g/mol. The number of nitrogens with zero attached hydrogens (tertiary/aromatic N) is 1. The largest absolute Gasteiger partial charge is 0.479 e. The Morgan fingerprint density at radius 1 is 1.12 bits per heavy atom. The van der Waals surface area contributed by atoms with Crippen LogP contribution < -0.4 is 5.32 Å². The number of alkyl carbamates (subject to hydrolysis) is 1. The van der Waals surface area contributed by atoms with E-state index in [1.807, 2.05) is 43.3 Å². The van der Waals surface area contributed by atoms with Gasteiger partial charge in [-0.2, -0.15) is 0 Å². The van der Waals surface area contributed by atoms with Crippen molar-refractivity contribution in [1.82, 2.24) is 10.2 Å². The SMILES string of the molecule is CCCC(NC(=O)OCC1c2ccccc2-c2ccccc21)C(=O)N1CCOC(C(=O)O)C1. The summed E-state index contributed by atoms with van der Waals surface area (Å²) in [7, 11) is 0. The Labute approximate surface area is 192 Å². The number of carbonyl (C=O) groups is 3. The molecule has 0 bridgehead atoms. The third-order valence-corrected chi connectivity index (χ3v) is 6.16. The topological polar surface area (TPSA) is 105 Å². The van der Waals surface area contributed by atoms with Crippen molar-refractivity contribution in [2.24, 2.45) is 0 Å². The van der Waals surface area contributed by atoms with Crippen LogP contribution in [0.2, 0.25) is 0 Å². The first-order chi connectivity index (χ1) is 16.0. The van der Waals surface area contributed by atoms with E-state index in [9.17, 15) is 19.5 Å². The van der Waals surface area contributed by atoms with Crippen molar-refractivity contribution >= 4 is 18.0 Å². The lowest BCUT2D eigenvalue weighted by Gasteiger charge is -2.33. The molecule has 174 valence electrons. The zero-order chi connectivity index (χ0) is 23.4. The smallest absolute Gasteiger partial charge is 0.407 e. The summed E-state index contributed by atoms with van der Waals surface area (Å²) in [6.45, 7) is 2.47. The van der Waals surface area contributed by atoms with Gasteiger partial charge >= 0.3 is 12.1 Å². The van der Waals surface area contributed by atoms with Crippen molar-refractivity contribution in [3.05, 3.63) is 59.7 Å². The summed E-state index contributed by atoms with van der Waals surface area (Å²) in [5.74, 6) is -1.50. The molecule has 2 aliphatic rings. The Hall–Kier alpha value is -3.39. The molecule has 2 aromatic carbocycles. The summed E-state index contributed by atoms with van der Waals surface area (Å²) in [4.78, 5) is 38.3. The van der Waals surface area contributed by atoms with Crippen LogP contribution in [-0.4, -0.2) is 66.4 Å². The van der Waals surface area contributed by atoms with Gasteiger partial charge in [-0.1, -0.05) is 61.9 Å². The maximum Gasteiger partial charge on any atom is 0.407 e. The molecule has 0 saturated carbocycles. The van der Waals surface area contributed by atoms with E-state index in [1.165, 1.54) is 4.90 Å². The molecule has 0 spiro atoms. The molecule has 8 heteroatoms. The lowest BCUT2D eigenvalue weighted by molar-refractivity contribution is -0.160. The summed E-state index contributed by atoms with van der Waals surface area (Å²) in [5.41, 5.74) is 4.50. The summed E-state index contributed by atoms with van der Waals surface area (Å²) in [6.07, 6.45) is -0.614. The molecule has 4 rings (SSSR count). The van der Waals surface area contributed by atoms with Crippen LogP contribution >= 0.6 is 0 Å². The number of aliphatic carboxylic acids is 1. The maximum absolute atomic E-state index is 13.0. The molecular formula is C25H28N2O6. The Morgan fingerprint density at radius 3 is 2.36 bits per heavy atom. The van der Waals surface area contributed by atoms with E-state index in [2.05, 4.69) is 17.4 Å². The highest BCUT2D eigenvalue weighted by molar-refractivity contribution is 5.86. The monoisotopic (exact) mass is 452 g/mol. The standard InChI is InChI=1S/C25H28N2O6/c1-2-7-21(23(28)27-12-13-32-22(14-27)24(29)30)26-25(31)33-15-20-18-10-5-3-8-16(18)17-9-4-6-11-19(17)20/h3-6,8-11,20-22H,2,7,12-15H2,1H3,(H,26,31)(H,29,30). The van der Waals surface area contributed by atoms with Crippen LogP contribution in [0.15, 0.2) is 48.5 Å².